The monoisotopic (exact) mass is 607 g/mol. The molecule has 44 heavy (non-hydrogen) atoms. The Morgan fingerprint density at radius 3 is 1.66 bits per heavy atom. The third kappa shape index (κ3) is 37.4. The van der Waals surface area contributed by atoms with Gasteiger partial charge in [0.15, 0.2) is 0 Å². The van der Waals surface area contributed by atoms with Crippen LogP contribution in [0.4, 0.5) is 0 Å². The third-order valence-corrected chi connectivity index (χ3v) is 6.36. The standard InChI is InChI=1S/C14H22.C10H14.C10H16.2C4H10.C2H6/c1-8-13(11(4)5)14(12(6)7)9-10(2)3;1-2-3-7-10-8-5-4-6-9-10;1-5-7-8-10(4)9(3)6-2;2*1-3-4-2;1-2/h8,12H,1-2,4,9H2,3,5-7H3;3,5,7-9H,2,4,6H2,1H3;5-8H,1-4H3;2*3-4H2,1-2H3;1-2H3/b14-13-;7-3+;7-5-,9-6+,10-8+;;;. The molecule has 0 aromatic carbocycles. The minimum absolute atomic E-state index is 0.524. The lowest BCUT2D eigenvalue weighted by molar-refractivity contribution is 0.731. The molecule has 0 heterocycles. The topological polar surface area (TPSA) is 0 Å². The van der Waals surface area contributed by atoms with Crippen LogP contribution in [0.25, 0.3) is 0 Å². The molecule has 0 saturated heterocycles. The molecule has 254 valence electrons. The lowest BCUT2D eigenvalue weighted by Crippen LogP contribution is -2.00. The van der Waals surface area contributed by atoms with E-state index in [4.69, 9.17) is 0 Å². The second-order valence-corrected chi connectivity index (χ2v) is 11.1. The molecule has 0 saturated carbocycles. The zero-order chi connectivity index (χ0) is 35.3. The summed E-state index contributed by atoms with van der Waals surface area (Å²) in [5.41, 5.74) is 8.91. The van der Waals surface area contributed by atoms with Gasteiger partial charge >= 0.3 is 0 Å². The Labute approximate surface area is 280 Å². The fraction of sp³-hybridized carbons (Fsp3) is 0.545. The van der Waals surface area contributed by atoms with Gasteiger partial charge in [-0.2, -0.15) is 0 Å². The van der Waals surface area contributed by atoms with Crippen LogP contribution in [0.2, 0.25) is 0 Å². The molecule has 0 amide bonds. The van der Waals surface area contributed by atoms with Gasteiger partial charge in [0.1, 0.15) is 0 Å². The Bertz CT molecular complexity index is 892. The van der Waals surface area contributed by atoms with Gasteiger partial charge in [-0.3, -0.25) is 0 Å². The van der Waals surface area contributed by atoms with Crippen molar-refractivity contribution in [3.63, 3.8) is 0 Å². The fourth-order valence-corrected chi connectivity index (χ4v) is 3.13. The molecule has 0 fully saturated rings. The van der Waals surface area contributed by atoms with Gasteiger partial charge < -0.3 is 0 Å². The summed E-state index contributed by atoms with van der Waals surface area (Å²) >= 11 is 0. The molecular weight excluding hydrogens is 528 g/mol. The second kappa shape index (κ2) is 40.4. The van der Waals surface area contributed by atoms with Crippen molar-refractivity contribution in [2.75, 3.05) is 0 Å². The first-order valence-corrected chi connectivity index (χ1v) is 17.5. The Hall–Kier alpha value is -2.60. The summed E-state index contributed by atoms with van der Waals surface area (Å²) in [4.78, 5) is 0. The molecule has 0 aromatic heterocycles. The largest absolute Gasteiger partial charge is 0.0998 e. The normalized spacial score (nSPS) is 12.9. The van der Waals surface area contributed by atoms with Crippen molar-refractivity contribution < 1.29 is 0 Å². The number of allylic oxidation sites excluding steroid dienone is 17. The van der Waals surface area contributed by atoms with E-state index in [0.717, 1.165) is 18.4 Å². The quantitative estimate of drug-likeness (QED) is 0.162. The van der Waals surface area contributed by atoms with E-state index in [9.17, 15) is 0 Å². The average molecular weight is 607 g/mol. The average Bonchev–Trinajstić information content (AvgIpc) is 3.03. The summed E-state index contributed by atoms with van der Waals surface area (Å²) in [5.74, 6) is 0.524. The molecule has 0 N–H and O–H groups in total. The first-order valence-electron chi connectivity index (χ1n) is 17.5. The molecule has 0 nitrogen and oxygen atoms in total. The van der Waals surface area contributed by atoms with E-state index in [-0.39, 0.29) is 0 Å². The summed E-state index contributed by atoms with van der Waals surface area (Å²) in [6.07, 6.45) is 31.1. The van der Waals surface area contributed by atoms with Crippen LogP contribution in [0.3, 0.4) is 0 Å². The van der Waals surface area contributed by atoms with Crippen LogP contribution in [-0.4, -0.2) is 0 Å². The van der Waals surface area contributed by atoms with Crippen LogP contribution in [0.15, 0.2) is 120 Å². The lowest BCUT2D eigenvalue weighted by atomic mass is 9.89. The summed E-state index contributed by atoms with van der Waals surface area (Å²) in [6, 6.07) is 0. The zero-order valence-electron chi connectivity index (χ0n) is 32.6. The van der Waals surface area contributed by atoms with E-state index in [2.05, 4.69) is 145 Å². The van der Waals surface area contributed by atoms with Gasteiger partial charge in [0, 0.05) is 0 Å². The molecule has 1 rings (SSSR count). The fourth-order valence-electron chi connectivity index (χ4n) is 3.13. The molecule has 0 unspecified atom stereocenters. The van der Waals surface area contributed by atoms with Crippen molar-refractivity contribution in [2.45, 2.75) is 155 Å². The molecule has 0 spiro atoms. The van der Waals surface area contributed by atoms with Gasteiger partial charge in [-0.05, 0) is 89.9 Å². The van der Waals surface area contributed by atoms with E-state index in [1.807, 2.05) is 39.8 Å². The van der Waals surface area contributed by atoms with Crippen LogP contribution >= 0.6 is 0 Å². The van der Waals surface area contributed by atoms with Crippen molar-refractivity contribution in [1.82, 2.24) is 0 Å². The van der Waals surface area contributed by atoms with Crippen LogP contribution in [-0.2, 0) is 0 Å². The Balaban J connectivity index is -0.000000152. The first kappa shape index (κ1) is 51.0. The number of hydrogen-bond acceptors (Lipinski definition) is 0. The van der Waals surface area contributed by atoms with Gasteiger partial charge in [0.25, 0.3) is 0 Å². The van der Waals surface area contributed by atoms with Crippen molar-refractivity contribution in [3.05, 3.63) is 120 Å². The summed E-state index contributed by atoms with van der Waals surface area (Å²) in [7, 11) is 0. The molecule has 1 aliphatic rings. The highest BCUT2D eigenvalue weighted by molar-refractivity contribution is 5.42. The van der Waals surface area contributed by atoms with Gasteiger partial charge in [-0.1, -0.05) is 191 Å². The first-order chi connectivity index (χ1) is 20.9. The summed E-state index contributed by atoms with van der Waals surface area (Å²) < 4.78 is 0. The van der Waals surface area contributed by atoms with Gasteiger partial charge in [-0.15, -0.1) is 0 Å². The van der Waals surface area contributed by atoms with E-state index < -0.39 is 0 Å². The zero-order valence-corrected chi connectivity index (χ0v) is 32.6. The van der Waals surface area contributed by atoms with Gasteiger partial charge in [0.2, 0.25) is 0 Å². The van der Waals surface area contributed by atoms with Crippen LogP contribution < -0.4 is 0 Å². The highest BCUT2D eigenvalue weighted by Gasteiger charge is 2.09. The molecule has 0 bridgehead atoms. The van der Waals surface area contributed by atoms with Crippen LogP contribution in [0, 0.1) is 5.92 Å². The summed E-state index contributed by atoms with van der Waals surface area (Å²) in [6.45, 7) is 43.5. The molecular formula is C44H78. The maximum absolute atomic E-state index is 3.98. The van der Waals surface area contributed by atoms with Crippen molar-refractivity contribution >= 4 is 0 Å². The Kier molecular flexibility index (Phi) is 46.8. The second-order valence-electron chi connectivity index (χ2n) is 11.1. The van der Waals surface area contributed by atoms with E-state index in [1.165, 1.54) is 72.0 Å². The SMILES string of the molecule is C=C/C(C(=C)C)=C(\CC(=C)C)C(C)C.CC.CC/C=C/C1=CCCC=C1.CCCC.CCCC.C\C=C/C=C(C)/C(C)=C/C. The van der Waals surface area contributed by atoms with Gasteiger partial charge in [-0.25, -0.2) is 0 Å². The number of hydrogen-bond donors (Lipinski definition) is 0. The van der Waals surface area contributed by atoms with Gasteiger partial charge in [0.05, 0.1) is 0 Å². The highest BCUT2D eigenvalue weighted by atomic mass is 14.1. The van der Waals surface area contributed by atoms with E-state index >= 15 is 0 Å². The van der Waals surface area contributed by atoms with Crippen LogP contribution in [0.1, 0.15) is 155 Å². The third-order valence-electron chi connectivity index (χ3n) is 6.36. The molecule has 0 heteroatoms. The molecule has 0 aromatic rings. The maximum Gasteiger partial charge on any atom is -0.0102 e. The van der Waals surface area contributed by atoms with Crippen LogP contribution in [0.5, 0.6) is 0 Å². The lowest BCUT2D eigenvalue weighted by Gasteiger charge is -2.16. The Morgan fingerprint density at radius 2 is 1.36 bits per heavy atom. The highest BCUT2D eigenvalue weighted by Crippen LogP contribution is 2.26. The smallest absolute Gasteiger partial charge is 0.0102 e. The molecule has 1 aliphatic carbocycles. The van der Waals surface area contributed by atoms with Crippen molar-refractivity contribution in [3.8, 4) is 0 Å². The molecule has 0 atom stereocenters. The number of unbranched alkanes of at least 4 members (excludes halogenated alkanes) is 2. The van der Waals surface area contributed by atoms with E-state index in [0.29, 0.717) is 5.92 Å². The minimum atomic E-state index is 0.524. The minimum Gasteiger partial charge on any atom is -0.0998 e. The maximum atomic E-state index is 3.98. The Morgan fingerprint density at radius 1 is 0.841 bits per heavy atom. The van der Waals surface area contributed by atoms with Crippen molar-refractivity contribution in [2.24, 2.45) is 5.92 Å². The predicted octanol–water partition coefficient (Wildman–Crippen LogP) is 16.0. The van der Waals surface area contributed by atoms with Crippen molar-refractivity contribution in [1.29, 1.82) is 0 Å². The predicted molar refractivity (Wildman–Crippen MR) is 213 cm³/mol. The van der Waals surface area contributed by atoms with E-state index in [1.54, 1.807) is 0 Å². The summed E-state index contributed by atoms with van der Waals surface area (Å²) in [5, 5.41) is 0. The number of rotatable bonds is 11. The molecule has 0 aliphatic heterocycles. The molecule has 0 radical (unpaired) electrons.